The molecule has 0 N–H and O–H groups in total. The second-order valence-electron chi connectivity index (χ2n) is 7.65. The molecule has 0 aromatic rings. The van der Waals surface area contributed by atoms with Crippen molar-refractivity contribution in [1.29, 1.82) is 0 Å². The fraction of sp³-hybridized carbons (Fsp3) is 1.00. The average molecular weight is 819 g/mol. The first-order valence-electron chi connectivity index (χ1n) is 8.85. The molecule has 0 aromatic carbocycles. The molecule has 0 fully saturated rings. The summed E-state index contributed by atoms with van der Waals surface area (Å²) >= 11 is 0. The van der Waals surface area contributed by atoms with Gasteiger partial charge in [0.2, 0.25) is 0 Å². The van der Waals surface area contributed by atoms with Gasteiger partial charge in [-0.25, -0.2) is 16.8 Å². The molecule has 0 rings (SSSR count). The monoisotopic (exact) mass is 819 g/mol. The molecule has 0 atom stereocenters. The molecule has 0 radical (unpaired) electrons. The summed E-state index contributed by atoms with van der Waals surface area (Å²) in [5, 5.41) is -17.9. The van der Waals surface area contributed by atoms with Crippen molar-refractivity contribution in [2.45, 2.75) is 70.2 Å². The normalized spacial score (nSPS) is 16.7. The van der Waals surface area contributed by atoms with Crippen LogP contribution in [-0.2, 0) is 20.0 Å². The Balaban J connectivity index is 0. The Kier molecular flexibility index (Phi) is 12.3. The maximum atomic E-state index is 13.7. The molecular formula is C12F26KNO4S2. The zero-order chi connectivity index (χ0) is 37.7. The first-order valence-corrected chi connectivity index (χ1v) is 11.7. The van der Waals surface area contributed by atoms with Gasteiger partial charge in [-0.2, -0.15) is 114 Å². The van der Waals surface area contributed by atoms with E-state index in [4.69, 9.17) is 0 Å². The molecule has 5 nitrogen and oxygen atoms in total. The van der Waals surface area contributed by atoms with Crippen molar-refractivity contribution in [3.8, 4) is 0 Å². The van der Waals surface area contributed by atoms with Crippen LogP contribution < -0.4 is 51.4 Å². The van der Waals surface area contributed by atoms with Crippen molar-refractivity contribution in [3.05, 3.63) is 4.13 Å². The number of sulfonamides is 2. The van der Waals surface area contributed by atoms with Gasteiger partial charge in [0.1, 0.15) is 0 Å². The van der Waals surface area contributed by atoms with E-state index in [0.717, 1.165) is 0 Å². The van der Waals surface area contributed by atoms with Crippen molar-refractivity contribution >= 4 is 20.0 Å². The Morgan fingerprint density at radius 1 is 0.283 bits per heavy atom. The second-order valence-corrected chi connectivity index (χ2v) is 11.2. The third-order valence-electron chi connectivity index (χ3n) is 4.65. The molecular weight excluding hydrogens is 819 g/mol. The van der Waals surface area contributed by atoms with Gasteiger partial charge in [-0.3, -0.25) is 0 Å². The van der Waals surface area contributed by atoms with E-state index in [9.17, 15) is 131 Å². The number of hydrogen-bond acceptors (Lipinski definition) is 4. The minimum Gasteiger partial charge on any atom is -0.425 e. The fourth-order valence-corrected chi connectivity index (χ4v) is 4.74. The third-order valence-corrected chi connectivity index (χ3v) is 8.03. The average Bonchev–Trinajstić information content (AvgIpc) is 2.75. The van der Waals surface area contributed by atoms with Gasteiger partial charge in [-0.1, -0.05) is 0 Å². The van der Waals surface area contributed by atoms with Crippen molar-refractivity contribution in [1.82, 2.24) is 0 Å². The minimum absolute atomic E-state index is 0. The molecule has 0 aliphatic rings. The maximum absolute atomic E-state index is 13.7. The van der Waals surface area contributed by atoms with Crippen LogP contribution in [0.2, 0.25) is 0 Å². The van der Waals surface area contributed by atoms with Crippen LogP contribution in [0.4, 0.5) is 114 Å². The number of alkyl halides is 26. The van der Waals surface area contributed by atoms with Crippen LogP contribution in [0.1, 0.15) is 0 Å². The summed E-state index contributed by atoms with van der Waals surface area (Å²) in [7, 11) is -19.1. The zero-order valence-corrected chi connectivity index (χ0v) is 24.5. The Morgan fingerprint density at radius 3 is 0.587 bits per heavy atom. The molecule has 0 aliphatic heterocycles. The number of halogens is 26. The molecule has 34 heteroatoms. The standard InChI is InChI=1S/C12F26NO4S2.K/c13-1(14,5(21,22)9(29,30)31)3(17,18)7(25,26)11(35,36)44(40,41)39-45(42,43)12(37,38)8(27,28)4(19,20)2(15,16)6(23,24)10(32,33)34;/q-1;+1. The molecule has 0 spiro atoms. The largest absolute Gasteiger partial charge is 1.00 e. The van der Waals surface area contributed by atoms with Gasteiger partial charge >= 0.3 is 122 Å². The van der Waals surface area contributed by atoms with Crippen LogP contribution in [0, 0.1) is 0 Å². The van der Waals surface area contributed by atoms with Crippen LogP contribution in [0.15, 0.2) is 0 Å². The smallest absolute Gasteiger partial charge is 0.425 e. The summed E-state index contributed by atoms with van der Waals surface area (Å²) in [6, 6.07) is 0. The number of rotatable bonds is 12. The van der Waals surface area contributed by atoms with Crippen molar-refractivity contribution in [3.63, 3.8) is 0 Å². The van der Waals surface area contributed by atoms with Crippen LogP contribution in [-0.4, -0.2) is 87.1 Å². The van der Waals surface area contributed by atoms with E-state index in [0.29, 0.717) is 0 Å². The summed E-state index contributed by atoms with van der Waals surface area (Å²) in [6.45, 7) is 0. The van der Waals surface area contributed by atoms with Crippen LogP contribution >= 0.6 is 0 Å². The summed E-state index contributed by atoms with van der Waals surface area (Å²) in [6.07, 6.45) is -16.3. The van der Waals surface area contributed by atoms with E-state index in [1.807, 2.05) is 0 Å². The number of hydrogen-bond donors (Lipinski definition) is 0. The minimum atomic E-state index is -9.54. The van der Waals surface area contributed by atoms with Gasteiger partial charge in [0, 0.05) is 0 Å². The van der Waals surface area contributed by atoms with Crippen molar-refractivity contribution < 1.29 is 182 Å². The molecule has 0 saturated carbocycles. The SMILES string of the molecule is O=S(=O)([N-]S(=O)(=O)C(F)(F)C(F)(F)C(F)(F)C(F)(F)C(F)(F)C(F)(F)F)C(F)(F)C(F)(F)C(F)(F)C(F)(F)C(F)(F)C(F)(F)F.[K+]. The first kappa shape index (κ1) is 47.8. The van der Waals surface area contributed by atoms with E-state index in [1.165, 1.54) is 0 Å². The number of nitrogens with zero attached hydrogens (tertiary/aromatic N) is 1. The zero-order valence-electron chi connectivity index (χ0n) is 19.7. The third kappa shape index (κ3) is 6.16. The molecule has 0 amide bonds. The first-order chi connectivity index (χ1) is 18.7. The molecule has 0 unspecified atom stereocenters. The van der Waals surface area contributed by atoms with Crippen LogP contribution in [0.3, 0.4) is 0 Å². The molecule has 0 heterocycles. The van der Waals surface area contributed by atoms with Gasteiger partial charge in [0.05, 0.1) is 0 Å². The molecule has 0 saturated heterocycles. The second kappa shape index (κ2) is 11.9. The van der Waals surface area contributed by atoms with Crippen molar-refractivity contribution in [2.75, 3.05) is 0 Å². The molecule has 0 aromatic heterocycles. The molecule has 46 heavy (non-hydrogen) atoms. The summed E-state index contributed by atoms with van der Waals surface area (Å²) in [4.78, 5) is 0. The van der Waals surface area contributed by atoms with E-state index in [1.54, 1.807) is 0 Å². The Hall–Kier alpha value is -0.324. The fourth-order valence-electron chi connectivity index (χ4n) is 2.06. The Bertz CT molecular complexity index is 1240. The van der Waals surface area contributed by atoms with E-state index < -0.39 is 94.4 Å². The van der Waals surface area contributed by atoms with E-state index in [-0.39, 0.29) is 51.4 Å². The Morgan fingerprint density at radius 2 is 0.435 bits per heavy atom. The van der Waals surface area contributed by atoms with Gasteiger partial charge in [-0.05, 0) is 0 Å². The quantitative estimate of drug-likeness (QED) is 0.216. The maximum Gasteiger partial charge on any atom is 1.00 e. The van der Waals surface area contributed by atoms with Gasteiger partial charge in [0.15, 0.2) is 20.0 Å². The predicted octanol–water partition coefficient (Wildman–Crippen LogP) is 4.42. The molecule has 0 aliphatic carbocycles. The van der Waals surface area contributed by atoms with Crippen LogP contribution in [0.25, 0.3) is 4.13 Å². The van der Waals surface area contributed by atoms with E-state index in [2.05, 4.69) is 0 Å². The predicted molar refractivity (Wildman–Crippen MR) is 82.8 cm³/mol. The Labute approximate surface area is 275 Å². The topological polar surface area (TPSA) is 82.4 Å². The van der Waals surface area contributed by atoms with Gasteiger partial charge in [-0.15, -0.1) is 0 Å². The van der Waals surface area contributed by atoms with E-state index >= 15 is 0 Å². The molecule has 0 bridgehead atoms. The van der Waals surface area contributed by atoms with Crippen LogP contribution in [0.5, 0.6) is 0 Å². The van der Waals surface area contributed by atoms with Crippen molar-refractivity contribution in [2.24, 2.45) is 0 Å². The summed E-state index contributed by atoms with van der Waals surface area (Å²) in [5.41, 5.74) is 0. The molecule has 272 valence electrons. The summed E-state index contributed by atoms with van der Waals surface area (Å²) < 4.78 is 381. The van der Waals surface area contributed by atoms with Gasteiger partial charge in [0.25, 0.3) is 0 Å². The summed E-state index contributed by atoms with van der Waals surface area (Å²) in [5.74, 6) is -72.0. The van der Waals surface area contributed by atoms with Gasteiger partial charge < -0.3 is 4.13 Å².